The molecular weight excluding hydrogens is 397 g/mol. The summed E-state index contributed by atoms with van der Waals surface area (Å²) in [6.45, 7) is 0.614. The molecule has 0 fully saturated rings. The van der Waals surface area contributed by atoms with E-state index in [1.54, 1.807) is 29.5 Å². The van der Waals surface area contributed by atoms with Crippen LogP contribution in [0.15, 0.2) is 44.6 Å². The van der Waals surface area contributed by atoms with E-state index in [0.717, 1.165) is 24.1 Å². The van der Waals surface area contributed by atoms with Gasteiger partial charge in [-0.25, -0.2) is 5.48 Å². The molecule has 6 nitrogen and oxygen atoms in total. The maximum atomic E-state index is 12.9. The molecule has 1 atom stereocenters. The molecule has 0 spiro atoms. The Kier molecular flexibility index (Phi) is 6.34. The number of amides is 1. The second-order valence-electron chi connectivity index (χ2n) is 6.17. The van der Waals surface area contributed by atoms with Gasteiger partial charge in [-0.05, 0) is 24.3 Å². The van der Waals surface area contributed by atoms with Crippen LogP contribution in [0.3, 0.4) is 0 Å². The fraction of sp³-hybridized carbons (Fsp3) is 0.412. The van der Waals surface area contributed by atoms with Gasteiger partial charge >= 0.3 is 0 Å². The van der Waals surface area contributed by atoms with E-state index in [2.05, 4.69) is 5.32 Å². The molecular formula is C17H19Cl2N3O3S. The number of ketones is 1. The van der Waals surface area contributed by atoms with Crippen LogP contribution < -0.4 is 10.8 Å². The molecule has 0 aromatic rings. The summed E-state index contributed by atoms with van der Waals surface area (Å²) in [6.07, 6.45) is 6.00. The molecule has 0 aromatic carbocycles. The summed E-state index contributed by atoms with van der Waals surface area (Å²) in [7, 11) is 0. The lowest BCUT2D eigenvalue weighted by Gasteiger charge is -2.26. The second-order valence-corrected chi connectivity index (χ2v) is 7.84. The Morgan fingerprint density at radius 3 is 2.92 bits per heavy atom. The van der Waals surface area contributed by atoms with Gasteiger partial charge in [0.15, 0.2) is 5.78 Å². The Hall–Kier alpha value is -1.41. The van der Waals surface area contributed by atoms with E-state index in [0.29, 0.717) is 34.5 Å². The summed E-state index contributed by atoms with van der Waals surface area (Å²) < 4.78 is 0. The van der Waals surface area contributed by atoms with E-state index in [1.807, 2.05) is 10.3 Å². The minimum atomic E-state index is -0.437. The number of nitrogens with zero attached hydrogens (tertiary/aromatic N) is 1. The maximum Gasteiger partial charge on any atom is 0.243 e. The largest absolute Gasteiger partial charge is 0.375 e. The summed E-state index contributed by atoms with van der Waals surface area (Å²) in [5.41, 5.74) is 4.00. The predicted molar refractivity (Wildman–Crippen MR) is 102 cm³/mol. The fourth-order valence-corrected chi connectivity index (χ4v) is 4.29. The first-order valence-corrected chi connectivity index (χ1v) is 10.1. The highest BCUT2D eigenvalue weighted by Gasteiger charge is 2.41. The van der Waals surface area contributed by atoms with Crippen molar-refractivity contribution in [2.45, 2.75) is 31.7 Å². The molecule has 26 heavy (non-hydrogen) atoms. The topological polar surface area (TPSA) is 81.7 Å². The van der Waals surface area contributed by atoms with Crippen molar-refractivity contribution in [3.8, 4) is 0 Å². The number of unbranched alkanes of at least 4 members (excludes halogenated alkanes) is 2. The van der Waals surface area contributed by atoms with E-state index >= 15 is 0 Å². The predicted octanol–water partition coefficient (Wildman–Crippen LogP) is 2.95. The van der Waals surface area contributed by atoms with Crippen LogP contribution in [0.4, 0.5) is 0 Å². The van der Waals surface area contributed by atoms with Crippen molar-refractivity contribution in [3.63, 3.8) is 0 Å². The summed E-state index contributed by atoms with van der Waals surface area (Å²) >= 11 is 14.1. The van der Waals surface area contributed by atoms with E-state index in [1.165, 1.54) is 0 Å². The summed E-state index contributed by atoms with van der Waals surface area (Å²) in [5.74, 6) is 0.357. The van der Waals surface area contributed by atoms with Gasteiger partial charge in [0.2, 0.25) is 5.91 Å². The molecule has 3 rings (SSSR count). The van der Waals surface area contributed by atoms with E-state index in [9.17, 15) is 9.59 Å². The minimum absolute atomic E-state index is 0.0395. The van der Waals surface area contributed by atoms with Crippen LogP contribution in [0.2, 0.25) is 0 Å². The van der Waals surface area contributed by atoms with Crippen molar-refractivity contribution in [1.82, 2.24) is 15.7 Å². The number of nitrogens with one attached hydrogen (secondary N) is 2. The van der Waals surface area contributed by atoms with Crippen LogP contribution >= 0.6 is 35.0 Å². The van der Waals surface area contributed by atoms with Gasteiger partial charge in [-0.15, -0.1) is 11.8 Å². The third kappa shape index (κ3) is 3.96. The zero-order valence-electron chi connectivity index (χ0n) is 13.9. The quantitative estimate of drug-likeness (QED) is 0.351. The molecule has 3 N–H and O–H groups in total. The van der Waals surface area contributed by atoms with Crippen LogP contribution in [-0.4, -0.2) is 40.3 Å². The third-order valence-electron chi connectivity index (χ3n) is 4.47. The number of thioether (sulfide) groups is 1. The van der Waals surface area contributed by atoms with E-state index in [-0.39, 0.29) is 12.2 Å². The first kappa shape index (κ1) is 19.4. The fourth-order valence-electron chi connectivity index (χ4n) is 3.23. The number of hydrogen-bond donors (Lipinski definition) is 3. The van der Waals surface area contributed by atoms with Crippen LogP contribution in [0.1, 0.15) is 25.7 Å². The zero-order chi connectivity index (χ0) is 18.7. The lowest BCUT2D eigenvalue weighted by atomic mass is 10.1. The van der Waals surface area contributed by atoms with Crippen LogP contribution in [0.5, 0.6) is 0 Å². The monoisotopic (exact) mass is 415 g/mol. The molecule has 0 aromatic heterocycles. The van der Waals surface area contributed by atoms with Crippen molar-refractivity contribution in [3.05, 3.63) is 44.6 Å². The lowest BCUT2D eigenvalue weighted by Crippen LogP contribution is -2.37. The molecule has 3 aliphatic rings. The number of rotatable bonds is 6. The van der Waals surface area contributed by atoms with Gasteiger partial charge in [0.25, 0.3) is 0 Å². The molecule has 2 aliphatic heterocycles. The summed E-state index contributed by atoms with van der Waals surface area (Å²) in [6, 6.07) is -0.437. The van der Waals surface area contributed by atoms with E-state index in [4.69, 9.17) is 28.4 Å². The molecule has 1 aliphatic carbocycles. The number of fused-ring (bicyclic) bond motifs is 2. The Bertz CT molecular complexity index is 746. The average molecular weight is 416 g/mol. The van der Waals surface area contributed by atoms with Crippen molar-refractivity contribution >= 4 is 46.7 Å². The van der Waals surface area contributed by atoms with Gasteiger partial charge in [-0.2, -0.15) is 0 Å². The maximum absolute atomic E-state index is 12.9. The number of carbonyl (C=O) groups excluding carboxylic acids is 2. The molecule has 0 bridgehead atoms. The number of hydroxylamine groups is 1. The first-order valence-electron chi connectivity index (χ1n) is 8.31. The number of halogens is 2. The lowest BCUT2D eigenvalue weighted by molar-refractivity contribution is -0.129. The Labute approximate surface area is 165 Å². The van der Waals surface area contributed by atoms with Crippen molar-refractivity contribution in [2.24, 2.45) is 0 Å². The summed E-state index contributed by atoms with van der Waals surface area (Å²) in [5, 5.41) is 14.5. The minimum Gasteiger partial charge on any atom is -0.375 e. The zero-order valence-corrected chi connectivity index (χ0v) is 16.3. The SMILES string of the molecule is O=C(CCCCCN1C=C(Cl)C(Cl)=CC2=C3NCSC=C3C(=O)C21)NO. The molecule has 2 heterocycles. The van der Waals surface area contributed by atoms with Gasteiger partial charge in [-0.1, -0.05) is 29.6 Å². The van der Waals surface area contributed by atoms with Gasteiger partial charge in [-0.3, -0.25) is 14.8 Å². The highest BCUT2D eigenvalue weighted by Crippen LogP contribution is 2.39. The molecule has 0 saturated carbocycles. The van der Waals surface area contributed by atoms with Gasteiger partial charge in [0.05, 0.1) is 27.2 Å². The normalized spacial score (nSPS) is 22.0. The Morgan fingerprint density at radius 1 is 1.35 bits per heavy atom. The highest BCUT2D eigenvalue weighted by atomic mass is 35.5. The number of Topliss-reactive ketones (excluding diaryl/α,β-unsaturated/α-hetero) is 1. The smallest absolute Gasteiger partial charge is 0.243 e. The van der Waals surface area contributed by atoms with E-state index < -0.39 is 11.9 Å². The third-order valence-corrected chi connectivity index (χ3v) is 5.89. The summed E-state index contributed by atoms with van der Waals surface area (Å²) in [4.78, 5) is 25.9. The van der Waals surface area contributed by atoms with Crippen LogP contribution in [0, 0.1) is 0 Å². The van der Waals surface area contributed by atoms with Gasteiger partial charge in [0.1, 0.15) is 6.04 Å². The van der Waals surface area contributed by atoms with Gasteiger partial charge in [0, 0.05) is 24.7 Å². The highest BCUT2D eigenvalue weighted by molar-refractivity contribution is 8.02. The Balaban J connectivity index is 1.75. The average Bonchev–Trinajstić information content (AvgIpc) is 2.84. The Morgan fingerprint density at radius 2 is 2.15 bits per heavy atom. The molecule has 140 valence electrons. The van der Waals surface area contributed by atoms with Crippen molar-refractivity contribution in [1.29, 1.82) is 0 Å². The van der Waals surface area contributed by atoms with Crippen molar-refractivity contribution < 1.29 is 14.8 Å². The molecule has 0 saturated heterocycles. The molecule has 1 unspecified atom stereocenters. The van der Waals surface area contributed by atoms with Gasteiger partial charge < -0.3 is 10.2 Å². The molecule has 1 amide bonds. The molecule has 0 radical (unpaired) electrons. The number of allylic oxidation sites excluding steroid dienone is 3. The number of hydrogen-bond acceptors (Lipinski definition) is 6. The van der Waals surface area contributed by atoms with Crippen molar-refractivity contribution in [2.75, 3.05) is 12.4 Å². The first-order chi connectivity index (χ1) is 12.5. The second kappa shape index (κ2) is 8.52. The molecule has 9 heteroatoms. The van der Waals surface area contributed by atoms with Crippen LogP contribution in [-0.2, 0) is 9.59 Å². The number of carbonyl (C=O) groups is 2. The standard InChI is InChI=1S/C17H19Cl2N3O3S/c18-12-6-10-15-11(8-26-9-20-15)17(24)16(10)22(7-13(12)19)5-3-1-2-4-14(23)21-25/h6-8,16,20,25H,1-5,9H2,(H,21,23). The van der Waals surface area contributed by atoms with Crippen LogP contribution in [0.25, 0.3) is 0 Å².